The first kappa shape index (κ1) is 22.3. The number of carbonyl (C=O) groups is 1. The van der Waals surface area contributed by atoms with Crippen LogP contribution in [0, 0.1) is 0 Å². The number of ether oxygens (including phenoxy) is 2. The Labute approximate surface area is 192 Å². The summed E-state index contributed by atoms with van der Waals surface area (Å²) in [6.07, 6.45) is 0. The first-order valence-corrected chi connectivity index (χ1v) is 11.8. The van der Waals surface area contributed by atoms with Crippen LogP contribution in [0.3, 0.4) is 0 Å². The van der Waals surface area contributed by atoms with E-state index in [0.717, 1.165) is 11.3 Å². The van der Waals surface area contributed by atoms with Crippen LogP contribution in [0.5, 0.6) is 11.5 Å². The highest BCUT2D eigenvalue weighted by molar-refractivity contribution is 7.93. The van der Waals surface area contributed by atoms with Crippen LogP contribution in [-0.2, 0) is 10.0 Å². The number of hydrogen-bond donors (Lipinski definition) is 3. The molecule has 0 aliphatic carbocycles. The van der Waals surface area contributed by atoms with Crippen molar-refractivity contribution < 1.29 is 27.8 Å². The van der Waals surface area contributed by atoms with Gasteiger partial charge < -0.3 is 19.9 Å². The molecule has 2 aromatic heterocycles. The predicted molar refractivity (Wildman–Crippen MR) is 124 cm³/mol. The molecule has 3 N–H and O–H groups in total. The summed E-state index contributed by atoms with van der Waals surface area (Å²) in [5, 5.41) is 13.8. The molecule has 4 rings (SSSR count). The quantitative estimate of drug-likeness (QED) is 0.338. The molecule has 0 amide bonds. The number of methoxy groups -OCH3 is 2. The van der Waals surface area contributed by atoms with E-state index >= 15 is 0 Å². The zero-order valence-corrected chi connectivity index (χ0v) is 19.0. The average Bonchev–Trinajstić information content (AvgIpc) is 3.31. The zero-order valence-electron chi connectivity index (χ0n) is 17.4. The van der Waals surface area contributed by atoms with E-state index in [-0.39, 0.29) is 21.4 Å². The highest BCUT2D eigenvalue weighted by Crippen LogP contribution is 2.34. The standard InChI is InChI=1S/C21H18N4O6S2/c1-30-12-7-8-16(31-2)15(11-12)24-19-20(23-14-6-4-3-5-13(14)22-19)25-33(28,29)17-9-10-32-18(17)21(26)27/h3-11H,1-2H3,(H,22,24)(H,23,25)(H,26,27). The van der Waals surface area contributed by atoms with Crippen molar-refractivity contribution in [2.75, 3.05) is 24.3 Å². The second-order valence-corrected chi connectivity index (χ2v) is 9.19. The van der Waals surface area contributed by atoms with Crippen molar-refractivity contribution >= 4 is 55.7 Å². The molecule has 2 heterocycles. The third-order valence-electron chi connectivity index (χ3n) is 4.57. The number of fused-ring (bicyclic) bond motifs is 1. The number of aromatic nitrogens is 2. The average molecular weight is 487 g/mol. The van der Waals surface area contributed by atoms with E-state index in [2.05, 4.69) is 20.0 Å². The first-order valence-electron chi connectivity index (χ1n) is 9.42. The summed E-state index contributed by atoms with van der Waals surface area (Å²) in [5.41, 5.74) is 1.43. The summed E-state index contributed by atoms with van der Waals surface area (Å²) < 4.78 is 39.1. The van der Waals surface area contributed by atoms with Gasteiger partial charge in [0.2, 0.25) is 0 Å². The Morgan fingerprint density at radius 1 is 1.00 bits per heavy atom. The number of carboxylic acid groups (broad SMARTS) is 1. The number of carboxylic acids is 1. The number of para-hydroxylation sites is 2. The first-order chi connectivity index (χ1) is 15.8. The van der Waals surface area contributed by atoms with E-state index in [1.54, 1.807) is 42.5 Å². The van der Waals surface area contributed by atoms with Gasteiger partial charge in [0.05, 0.1) is 30.9 Å². The van der Waals surface area contributed by atoms with E-state index in [1.807, 2.05) is 0 Å². The van der Waals surface area contributed by atoms with Gasteiger partial charge in [-0.05, 0) is 35.7 Å². The van der Waals surface area contributed by atoms with Crippen LogP contribution in [0.25, 0.3) is 11.0 Å². The predicted octanol–water partition coefficient (Wildman–Crippen LogP) is 3.95. The molecule has 0 aliphatic heterocycles. The summed E-state index contributed by atoms with van der Waals surface area (Å²) >= 11 is 0.813. The van der Waals surface area contributed by atoms with Gasteiger partial charge in [-0.25, -0.2) is 23.2 Å². The number of aromatic carboxylic acids is 1. The molecule has 0 saturated heterocycles. The molecule has 0 radical (unpaired) electrons. The Balaban J connectivity index is 1.82. The lowest BCUT2D eigenvalue weighted by Crippen LogP contribution is -2.17. The Morgan fingerprint density at radius 3 is 2.33 bits per heavy atom. The number of nitrogens with one attached hydrogen (secondary N) is 2. The third-order valence-corrected chi connectivity index (χ3v) is 6.99. The van der Waals surface area contributed by atoms with Crippen molar-refractivity contribution in [3.05, 3.63) is 58.8 Å². The number of sulfonamides is 1. The SMILES string of the molecule is COc1ccc(OC)c(Nc2nc3ccccc3nc2NS(=O)(=O)c2ccsc2C(=O)O)c1. The van der Waals surface area contributed by atoms with Gasteiger partial charge in [0.25, 0.3) is 10.0 Å². The monoisotopic (exact) mass is 486 g/mol. The van der Waals surface area contributed by atoms with Crippen LogP contribution in [0.2, 0.25) is 0 Å². The summed E-state index contributed by atoms with van der Waals surface area (Å²) in [5.74, 6) is -0.351. The number of nitrogens with zero attached hydrogens (tertiary/aromatic N) is 2. The number of thiophene rings is 1. The molecule has 4 aromatic rings. The van der Waals surface area contributed by atoms with E-state index < -0.39 is 16.0 Å². The highest BCUT2D eigenvalue weighted by Gasteiger charge is 2.26. The highest BCUT2D eigenvalue weighted by atomic mass is 32.2. The minimum atomic E-state index is -4.28. The molecule has 0 spiro atoms. The molecule has 0 unspecified atom stereocenters. The summed E-state index contributed by atoms with van der Waals surface area (Å²) in [6.45, 7) is 0. The largest absolute Gasteiger partial charge is 0.497 e. The minimum absolute atomic E-state index is 0.0935. The zero-order chi connectivity index (χ0) is 23.6. The Bertz CT molecular complexity index is 1450. The van der Waals surface area contributed by atoms with Gasteiger partial charge in [0.1, 0.15) is 21.3 Å². The van der Waals surface area contributed by atoms with Crippen LogP contribution in [-0.4, -0.2) is 43.7 Å². The molecule has 170 valence electrons. The van der Waals surface area contributed by atoms with Crippen LogP contribution < -0.4 is 19.5 Å². The van der Waals surface area contributed by atoms with Gasteiger partial charge in [-0.1, -0.05) is 12.1 Å². The lowest BCUT2D eigenvalue weighted by atomic mass is 10.2. The molecule has 0 aliphatic rings. The third kappa shape index (κ3) is 4.52. The van der Waals surface area contributed by atoms with Gasteiger partial charge >= 0.3 is 5.97 Å². The summed E-state index contributed by atoms with van der Waals surface area (Å²) in [4.78, 5) is 19.7. The number of rotatable bonds is 8. The maximum Gasteiger partial charge on any atom is 0.347 e. The molecular weight excluding hydrogens is 468 g/mol. The van der Waals surface area contributed by atoms with Crippen LogP contribution in [0.4, 0.5) is 17.3 Å². The smallest absolute Gasteiger partial charge is 0.347 e. The van der Waals surface area contributed by atoms with E-state index in [9.17, 15) is 18.3 Å². The molecule has 0 atom stereocenters. The van der Waals surface area contributed by atoms with Gasteiger partial charge in [0, 0.05) is 6.07 Å². The second kappa shape index (κ2) is 8.92. The van der Waals surface area contributed by atoms with Crippen LogP contribution in [0.15, 0.2) is 58.8 Å². The van der Waals surface area contributed by atoms with E-state index in [1.165, 1.54) is 25.7 Å². The van der Waals surface area contributed by atoms with Gasteiger partial charge in [-0.2, -0.15) is 0 Å². The van der Waals surface area contributed by atoms with Crippen molar-refractivity contribution in [3.8, 4) is 11.5 Å². The normalized spacial score (nSPS) is 11.2. The molecule has 2 aromatic carbocycles. The van der Waals surface area contributed by atoms with E-state index in [4.69, 9.17) is 9.47 Å². The molecular formula is C21H18N4O6S2. The van der Waals surface area contributed by atoms with Crippen molar-refractivity contribution in [3.63, 3.8) is 0 Å². The lowest BCUT2D eigenvalue weighted by molar-refractivity contribution is 0.0698. The fourth-order valence-corrected chi connectivity index (χ4v) is 5.32. The van der Waals surface area contributed by atoms with Gasteiger partial charge in [0.15, 0.2) is 11.6 Å². The molecule has 12 heteroatoms. The van der Waals surface area contributed by atoms with Gasteiger partial charge in [-0.15, -0.1) is 11.3 Å². The molecule has 0 fully saturated rings. The van der Waals surface area contributed by atoms with Crippen molar-refractivity contribution in [1.82, 2.24) is 9.97 Å². The van der Waals surface area contributed by atoms with Crippen molar-refractivity contribution in [1.29, 1.82) is 0 Å². The summed E-state index contributed by atoms with van der Waals surface area (Å²) in [6, 6.07) is 13.2. The maximum absolute atomic E-state index is 13.0. The fraction of sp³-hybridized carbons (Fsp3) is 0.0952. The summed E-state index contributed by atoms with van der Waals surface area (Å²) in [7, 11) is -1.27. The number of anilines is 3. The van der Waals surface area contributed by atoms with Crippen LogP contribution in [0.1, 0.15) is 9.67 Å². The molecule has 33 heavy (non-hydrogen) atoms. The number of hydrogen-bond acceptors (Lipinski definition) is 9. The molecule has 0 saturated carbocycles. The lowest BCUT2D eigenvalue weighted by Gasteiger charge is -2.16. The number of benzene rings is 2. The Morgan fingerprint density at radius 2 is 1.70 bits per heavy atom. The Hall–Kier alpha value is -3.90. The fourth-order valence-electron chi connectivity index (χ4n) is 3.04. The maximum atomic E-state index is 13.0. The van der Waals surface area contributed by atoms with Crippen LogP contribution >= 0.6 is 11.3 Å². The minimum Gasteiger partial charge on any atom is -0.497 e. The second-order valence-electron chi connectivity index (χ2n) is 6.63. The Kier molecular flexibility index (Phi) is 6.03. The van der Waals surface area contributed by atoms with E-state index in [0.29, 0.717) is 28.2 Å². The topological polar surface area (TPSA) is 140 Å². The molecule has 0 bridgehead atoms. The van der Waals surface area contributed by atoms with Crippen molar-refractivity contribution in [2.24, 2.45) is 0 Å². The molecule has 10 nitrogen and oxygen atoms in total. The van der Waals surface area contributed by atoms with Gasteiger partial charge in [-0.3, -0.25) is 4.72 Å². The van der Waals surface area contributed by atoms with Crippen molar-refractivity contribution in [2.45, 2.75) is 4.90 Å².